The van der Waals surface area contributed by atoms with Gasteiger partial charge in [-0.2, -0.15) is 5.10 Å². The van der Waals surface area contributed by atoms with Gasteiger partial charge in [0.1, 0.15) is 5.82 Å². The first-order valence-electron chi connectivity index (χ1n) is 13.5. The van der Waals surface area contributed by atoms with E-state index in [1.807, 2.05) is 40.1 Å². The molecule has 41 heavy (non-hydrogen) atoms. The molecule has 0 aliphatic carbocycles. The van der Waals surface area contributed by atoms with Gasteiger partial charge in [0.2, 0.25) is 5.91 Å². The van der Waals surface area contributed by atoms with Crippen molar-refractivity contribution in [3.05, 3.63) is 86.4 Å². The number of rotatable bonds is 4. The van der Waals surface area contributed by atoms with Crippen molar-refractivity contribution in [2.75, 3.05) is 44.7 Å². The molecule has 5 rings (SSSR count). The normalized spacial score (nSPS) is 21.4. The number of nitrogens with zero attached hydrogens (tertiary/aromatic N) is 6. The Hall–Kier alpha value is -3.63. The number of hydrogen-bond donors (Lipinski definition) is 0. The lowest BCUT2D eigenvalue weighted by molar-refractivity contribution is -0.136. The van der Waals surface area contributed by atoms with Crippen LogP contribution in [0.3, 0.4) is 0 Å². The number of carbonyl (C=O) groups is 2. The van der Waals surface area contributed by atoms with Crippen molar-refractivity contribution in [1.29, 1.82) is 0 Å². The molecule has 2 aliphatic heterocycles. The Labute approximate surface area is 248 Å². The molecule has 2 fully saturated rings. The van der Waals surface area contributed by atoms with Crippen molar-refractivity contribution in [3.8, 4) is 0 Å². The minimum Gasteiger partial charge on any atom is -0.453 e. The van der Waals surface area contributed by atoms with Crippen molar-refractivity contribution in [2.24, 2.45) is 13.0 Å². The monoisotopic (exact) mass is 598 g/mol. The molecule has 3 aromatic rings. The summed E-state index contributed by atoms with van der Waals surface area (Å²) in [5.41, 5.74) is 1.54. The van der Waals surface area contributed by atoms with Gasteiger partial charge in [-0.3, -0.25) is 19.5 Å². The van der Waals surface area contributed by atoms with Crippen LogP contribution in [0.2, 0.25) is 10.0 Å². The van der Waals surface area contributed by atoms with E-state index < -0.39 is 12.0 Å². The second-order valence-corrected chi connectivity index (χ2v) is 11.2. The molecule has 0 spiro atoms. The van der Waals surface area contributed by atoms with Crippen LogP contribution in [0.25, 0.3) is 0 Å². The maximum atomic E-state index is 14.2. The summed E-state index contributed by atoms with van der Waals surface area (Å²) in [6, 6.07) is 14.1. The topological polar surface area (TPSA) is 101 Å². The van der Waals surface area contributed by atoms with Gasteiger partial charge in [0.15, 0.2) is 0 Å². The van der Waals surface area contributed by atoms with Crippen molar-refractivity contribution >= 4 is 41.0 Å². The number of halogens is 2. The second-order valence-electron chi connectivity index (χ2n) is 10.4. The van der Waals surface area contributed by atoms with Crippen LogP contribution in [-0.4, -0.2) is 76.4 Å². The lowest BCUT2D eigenvalue weighted by atomic mass is 9.90. The average Bonchev–Trinajstić information content (AvgIpc) is 3.40. The van der Waals surface area contributed by atoms with Crippen LogP contribution in [0.1, 0.15) is 36.1 Å². The molecule has 0 bridgehead atoms. The van der Waals surface area contributed by atoms with Crippen LogP contribution < -0.4 is 10.5 Å². The number of ether oxygens (including phenoxy) is 1. The van der Waals surface area contributed by atoms with Crippen LogP contribution in [0.5, 0.6) is 0 Å². The van der Waals surface area contributed by atoms with Crippen LogP contribution in [0.15, 0.2) is 59.5 Å². The van der Waals surface area contributed by atoms with E-state index in [0.717, 1.165) is 11.3 Å². The standard InChI is InChI=1S/C29H32Cl2N6O4/c1-34-27(38)12-11-26(33-34)36-17-22(24-10-9-21(31)16-32-24)23(18-36)28(39)35-13-3-4-25(19-5-7-20(30)8-6-19)37(15-14-35)29(40)41-2/h5-12,16,22-23,25H,3-4,13-15,17-18H2,1-2H3. The van der Waals surface area contributed by atoms with Crippen molar-refractivity contribution in [2.45, 2.75) is 24.8 Å². The number of pyridine rings is 1. The molecule has 2 amide bonds. The SMILES string of the molecule is COC(=O)N1CCN(C(=O)C2CN(c3ccc(=O)n(C)n3)CC2c2ccc(Cl)cn2)CCCC1c1ccc(Cl)cc1. The number of hydrogen-bond acceptors (Lipinski definition) is 7. The number of amides is 2. The number of methoxy groups -OCH3 is 1. The molecule has 4 heterocycles. The Bertz CT molecular complexity index is 1450. The molecule has 2 aliphatic rings. The first kappa shape index (κ1) is 28.9. The molecule has 0 radical (unpaired) electrons. The van der Waals surface area contributed by atoms with E-state index in [1.54, 1.807) is 30.3 Å². The predicted molar refractivity (Wildman–Crippen MR) is 156 cm³/mol. The van der Waals surface area contributed by atoms with Gasteiger partial charge in [-0.1, -0.05) is 35.3 Å². The Morgan fingerprint density at radius 3 is 2.39 bits per heavy atom. The minimum atomic E-state index is -0.435. The number of aryl methyl sites for hydroxylation is 1. The molecular weight excluding hydrogens is 567 g/mol. The smallest absolute Gasteiger partial charge is 0.410 e. The number of carbonyl (C=O) groups excluding carboxylic acids is 2. The van der Waals surface area contributed by atoms with Gasteiger partial charge in [-0.25, -0.2) is 9.48 Å². The molecule has 0 saturated carbocycles. The van der Waals surface area contributed by atoms with Gasteiger partial charge in [-0.05, 0) is 48.7 Å². The molecule has 216 valence electrons. The largest absolute Gasteiger partial charge is 0.453 e. The van der Waals surface area contributed by atoms with Crippen molar-refractivity contribution < 1.29 is 14.3 Å². The number of benzene rings is 1. The third kappa shape index (κ3) is 6.33. The van der Waals surface area contributed by atoms with Gasteiger partial charge in [-0.15, -0.1) is 0 Å². The third-order valence-corrected chi connectivity index (χ3v) is 8.38. The number of aromatic nitrogens is 3. The van der Waals surface area contributed by atoms with Crippen LogP contribution >= 0.6 is 23.2 Å². The quantitative estimate of drug-likeness (QED) is 0.445. The fourth-order valence-corrected chi connectivity index (χ4v) is 5.99. The molecule has 10 nitrogen and oxygen atoms in total. The Morgan fingerprint density at radius 2 is 1.71 bits per heavy atom. The van der Waals surface area contributed by atoms with E-state index in [4.69, 9.17) is 27.9 Å². The van der Waals surface area contributed by atoms with Gasteiger partial charge in [0.05, 0.1) is 24.1 Å². The maximum Gasteiger partial charge on any atom is 0.410 e. The molecule has 3 atom stereocenters. The van der Waals surface area contributed by atoms with Gasteiger partial charge < -0.3 is 14.5 Å². The predicted octanol–water partition coefficient (Wildman–Crippen LogP) is 4.13. The highest BCUT2D eigenvalue weighted by Crippen LogP contribution is 2.36. The van der Waals surface area contributed by atoms with Crippen molar-refractivity contribution in [1.82, 2.24) is 24.6 Å². The molecule has 0 N–H and O–H groups in total. The summed E-state index contributed by atoms with van der Waals surface area (Å²) in [6.07, 6.45) is 2.53. The molecule has 12 heteroatoms. The lowest BCUT2D eigenvalue weighted by Gasteiger charge is -2.37. The molecule has 2 saturated heterocycles. The summed E-state index contributed by atoms with van der Waals surface area (Å²) in [6.45, 7) is 2.19. The fraction of sp³-hybridized carbons (Fsp3) is 0.414. The minimum absolute atomic E-state index is 0.00571. The Kier molecular flexibility index (Phi) is 8.79. The lowest BCUT2D eigenvalue weighted by Crippen LogP contribution is -2.47. The molecule has 1 aromatic carbocycles. The Morgan fingerprint density at radius 1 is 0.951 bits per heavy atom. The van der Waals surface area contributed by atoms with Crippen molar-refractivity contribution in [3.63, 3.8) is 0 Å². The van der Waals surface area contributed by atoms with Crippen LogP contribution in [0.4, 0.5) is 10.6 Å². The van der Waals surface area contributed by atoms with E-state index >= 15 is 0 Å². The summed E-state index contributed by atoms with van der Waals surface area (Å²) in [4.78, 5) is 49.0. The zero-order valence-electron chi connectivity index (χ0n) is 23.0. The summed E-state index contributed by atoms with van der Waals surface area (Å²) in [7, 11) is 2.97. The first-order valence-corrected chi connectivity index (χ1v) is 14.3. The van der Waals surface area contributed by atoms with E-state index in [2.05, 4.69) is 10.1 Å². The summed E-state index contributed by atoms with van der Waals surface area (Å²) >= 11 is 12.2. The highest BCUT2D eigenvalue weighted by molar-refractivity contribution is 6.30. The highest BCUT2D eigenvalue weighted by atomic mass is 35.5. The molecule has 2 aromatic heterocycles. The zero-order valence-corrected chi connectivity index (χ0v) is 24.5. The van der Waals surface area contributed by atoms with Crippen LogP contribution in [0, 0.1) is 5.92 Å². The highest BCUT2D eigenvalue weighted by Gasteiger charge is 2.42. The van der Waals surface area contributed by atoms with Gasteiger partial charge in [0, 0.05) is 68.7 Å². The maximum absolute atomic E-state index is 14.2. The molecule has 3 unspecified atom stereocenters. The van der Waals surface area contributed by atoms with E-state index in [0.29, 0.717) is 61.4 Å². The Balaban J connectivity index is 1.39. The molecular formula is C29H32Cl2N6O4. The first-order chi connectivity index (χ1) is 19.7. The van der Waals surface area contributed by atoms with Gasteiger partial charge >= 0.3 is 6.09 Å². The van der Waals surface area contributed by atoms with E-state index in [1.165, 1.54) is 17.9 Å². The van der Waals surface area contributed by atoms with Gasteiger partial charge in [0.25, 0.3) is 5.56 Å². The average molecular weight is 600 g/mol. The summed E-state index contributed by atoms with van der Waals surface area (Å²) in [5.74, 6) is 0.00840. The van der Waals surface area contributed by atoms with Crippen LogP contribution in [-0.2, 0) is 16.6 Å². The van der Waals surface area contributed by atoms with E-state index in [-0.39, 0.29) is 23.4 Å². The summed E-state index contributed by atoms with van der Waals surface area (Å²) < 4.78 is 6.41. The second kappa shape index (κ2) is 12.5. The zero-order chi connectivity index (χ0) is 29.1. The third-order valence-electron chi connectivity index (χ3n) is 7.91. The number of anilines is 1. The fourth-order valence-electron chi connectivity index (χ4n) is 5.76. The summed E-state index contributed by atoms with van der Waals surface area (Å²) in [5, 5.41) is 5.56. The van der Waals surface area contributed by atoms with E-state index in [9.17, 15) is 14.4 Å².